The van der Waals surface area contributed by atoms with Crippen LogP contribution in [0.3, 0.4) is 0 Å². The Bertz CT molecular complexity index is 736. The number of hydrogen-bond acceptors (Lipinski definition) is 4. The maximum absolute atomic E-state index is 12.1. The summed E-state index contributed by atoms with van der Waals surface area (Å²) in [6, 6.07) is 5.50. The molecule has 2 rings (SSSR count). The molecule has 2 aromatic rings. The van der Waals surface area contributed by atoms with Gasteiger partial charge in [0.05, 0.1) is 16.3 Å². The summed E-state index contributed by atoms with van der Waals surface area (Å²) in [6.45, 7) is 0. The first-order chi connectivity index (χ1) is 9.88. The van der Waals surface area contributed by atoms with E-state index in [2.05, 4.69) is 15.5 Å². The fourth-order valence-corrected chi connectivity index (χ4v) is 1.97. The van der Waals surface area contributed by atoms with Crippen molar-refractivity contribution in [2.75, 3.05) is 5.32 Å². The van der Waals surface area contributed by atoms with E-state index in [9.17, 15) is 9.59 Å². The smallest absolute Gasteiger partial charge is 0.259 e. The lowest BCUT2D eigenvalue weighted by molar-refractivity contribution is 0.0996. The minimum atomic E-state index is -0.645. The molecule has 3 N–H and O–H groups in total. The molecule has 0 atom stereocenters. The van der Waals surface area contributed by atoms with Crippen molar-refractivity contribution in [2.24, 2.45) is 5.73 Å². The monoisotopic (exact) mass is 344 g/mol. The SMILES string of the molecule is NC(=O)c1ccc(Cl)c(NC(=O)c2cc(Cl)nnc2Cl)c1. The second kappa shape index (κ2) is 6.26. The van der Waals surface area contributed by atoms with Gasteiger partial charge in [0.1, 0.15) is 0 Å². The van der Waals surface area contributed by atoms with Gasteiger partial charge in [0.25, 0.3) is 5.91 Å². The number of benzene rings is 1. The molecule has 108 valence electrons. The number of aromatic nitrogens is 2. The van der Waals surface area contributed by atoms with Crippen molar-refractivity contribution in [3.8, 4) is 0 Å². The molecule has 0 unspecified atom stereocenters. The molecule has 0 radical (unpaired) electrons. The first-order valence-electron chi connectivity index (χ1n) is 5.48. The number of anilines is 1. The lowest BCUT2D eigenvalue weighted by Gasteiger charge is -2.09. The molecule has 1 aromatic carbocycles. The Balaban J connectivity index is 2.33. The Morgan fingerprint density at radius 3 is 2.48 bits per heavy atom. The topological polar surface area (TPSA) is 98.0 Å². The normalized spacial score (nSPS) is 10.2. The minimum absolute atomic E-state index is 0.0153. The van der Waals surface area contributed by atoms with E-state index < -0.39 is 11.8 Å². The molecule has 1 aromatic heterocycles. The number of carbonyl (C=O) groups excluding carboxylic acids is 2. The second-order valence-corrected chi connectivity index (χ2v) is 5.04. The molecular formula is C12H7Cl3N4O2. The predicted molar refractivity (Wildman–Crippen MR) is 80.0 cm³/mol. The summed E-state index contributed by atoms with van der Waals surface area (Å²) < 4.78 is 0. The van der Waals surface area contributed by atoms with Crippen molar-refractivity contribution in [3.63, 3.8) is 0 Å². The van der Waals surface area contributed by atoms with E-state index >= 15 is 0 Å². The maximum Gasteiger partial charge on any atom is 0.259 e. The Morgan fingerprint density at radius 1 is 1.10 bits per heavy atom. The molecule has 0 spiro atoms. The lowest BCUT2D eigenvalue weighted by Crippen LogP contribution is -2.15. The molecular weight excluding hydrogens is 339 g/mol. The second-order valence-electron chi connectivity index (χ2n) is 3.88. The number of primary amides is 1. The average Bonchev–Trinajstić information content (AvgIpc) is 2.43. The average molecular weight is 346 g/mol. The van der Waals surface area contributed by atoms with Crippen molar-refractivity contribution < 1.29 is 9.59 Å². The number of hydrogen-bond donors (Lipinski definition) is 2. The Labute approximate surface area is 134 Å². The van der Waals surface area contributed by atoms with Crippen LogP contribution in [0.15, 0.2) is 24.3 Å². The fourth-order valence-electron chi connectivity index (χ4n) is 1.48. The molecule has 9 heteroatoms. The summed E-state index contributed by atoms with van der Waals surface area (Å²) in [5, 5.41) is 9.66. The van der Waals surface area contributed by atoms with Gasteiger partial charge in [-0.3, -0.25) is 9.59 Å². The van der Waals surface area contributed by atoms with Gasteiger partial charge in [-0.05, 0) is 24.3 Å². The number of nitrogens with two attached hydrogens (primary N) is 1. The van der Waals surface area contributed by atoms with Crippen molar-refractivity contribution in [1.82, 2.24) is 10.2 Å². The summed E-state index contributed by atoms with van der Waals surface area (Å²) in [7, 11) is 0. The van der Waals surface area contributed by atoms with Gasteiger partial charge in [0.15, 0.2) is 10.3 Å². The zero-order valence-corrected chi connectivity index (χ0v) is 12.5. The van der Waals surface area contributed by atoms with Gasteiger partial charge < -0.3 is 11.1 Å². The van der Waals surface area contributed by atoms with Gasteiger partial charge in [-0.2, -0.15) is 0 Å². The number of amides is 2. The standard InChI is InChI=1S/C12H7Cl3N4O2/c13-7-2-1-5(11(16)20)3-8(7)17-12(21)6-4-9(14)18-19-10(6)15/h1-4H,(H2,16,20)(H,17,21). The van der Waals surface area contributed by atoms with E-state index in [0.29, 0.717) is 0 Å². The zero-order valence-electron chi connectivity index (χ0n) is 10.2. The van der Waals surface area contributed by atoms with E-state index in [1.807, 2.05) is 0 Å². The van der Waals surface area contributed by atoms with E-state index in [1.165, 1.54) is 24.3 Å². The summed E-state index contributed by atoms with van der Waals surface area (Å²) in [6.07, 6.45) is 0. The predicted octanol–water partition coefficient (Wildman–Crippen LogP) is 2.79. The third-order valence-corrected chi connectivity index (χ3v) is 3.26. The summed E-state index contributed by atoms with van der Waals surface area (Å²) in [5.41, 5.74) is 5.60. The molecule has 2 amide bonds. The molecule has 0 aliphatic heterocycles. The van der Waals surface area contributed by atoms with Gasteiger partial charge >= 0.3 is 0 Å². The third-order valence-electron chi connectivity index (χ3n) is 2.46. The number of nitrogens with one attached hydrogen (secondary N) is 1. The van der Waals surface area contributed by atoms with Crippen molar-refractivity contribution in [1.29, 1.82) is 0 Å². The minimum Gasteiger partial charge on any atom is -0.366 e. The first-order valence-corrected chi connectivity index (χ1v) is 6.61. The van der Waals surface area contributed by atoms with Crippen LogP contribution in [0.4, 0.5) is 5.69 Å². The summed E-state index contributed by atoms with van der Waals surface area (Å²) in [5.74, 6) is -1.24. The number of halogens is 3. The Hall–Kier alpha value is -1.89. The van der Waals surface area contributed by atoms with Gasteiger partial charge in [-0.25, -0.2) is 0 Å². The lowest BCUT2D eigenvalue weighted by atomic mass is 10.2. The highest BCUT2D eigenvalue weighted by Gasteiger charge is 2.15. The summed E-state index contributed by atoms with van der Waals surface area (Å²) in [4.78, 5) is 23.3. The first kappa shape index (κ1) is 15.5. The Kier molecular flexibility index (Phi) is 4.62. The molecule has 21 heavy (non-hydrogen) atoms. The third kappa shape index (κ3) is 3.60. The van der Waals surface area contributed by atoms with Crippen LogP contribution in [0.2, 0.25) is 15.3 Å². The van der Waals surface area contributed by atoms with E-state index in [0.717, 1.165) is 0 Å². The van der Waals surface area contributed by atoms with E-state index in [1.54, 1.807) is 0 Å². The zero-order chi connectivity index (χ0) is 15.6. The highest BCUT2D eigenvalue weighted by atomic mass is 35.5. The van der Waals surface area contributed by atoms with Crippen LogP contribution in [-0.2, 0) is 0 Å². The number of rotatable bonds is 3. The highest BCUT2D eigenvalue weighted by molar-refractivity contribution is 6.36. The molecule has 6 nitrogen and oxygen atoms in total. The largest absolute Gasteiger partial charge is 0.366 e. The number of carbonyl (C=O) groups is 2. The maximum atomic E-state index is 12.1. The van der Waals surface area contributed by atoms with E-state index in [4.69, 9.17) is 40.5 Å². The van der Waals surface area contributed by atoms with Crippen LogP contribution in [0, 0.1) is 0 Å². The van der Waals surface area contributed by atoms with Crippen molar-refractivity contribution in [3.05, 3.63) is 50.7 Å². The van der Waals surface area contributed by atoms with Gasteiger partial charge in [0.2, 0.25) is 5.91 Å². The van der Waals surface area contributed by atoms with Crippen LogP contribution < -0.4 is 11.1 Å². The molecule has 0 saturated heterocycles. The summed E-state index contributed by atoms with van der Waals surface area (Å²) >= 11 is 17.4. The van der Waals surface area contributed by atoms with Crippen LogP contribution in [0.25, 0.3) is 0 Å². The van der Waals surface area contributed by atoms with Crippen molar-refractivity contribution >= 4 is 52.3 Å². The van der Waals surface area contributed by atoms with Crippen LogP contribution in [0.5, 0.6) is 0 Å². The van der Waals surface area contributed by atoms with Crippen LogP contribution in [0.1, 0.15) is 20.7 Å². The van der Waals surface area contributed by atoms with Crippen molar-refractivity contribution in [2.45, 2.75) is 0 Å². The van der Waals surface area contributed by atoms with Gasteiger partial charge in [0, 0.05) is 5.56 Å². The molecule has 0 aliphatic carbocycles. The van der Waals surface area contributed by atoms with Gasteiger partial charge in [-0.1, -0.05) is 34.8 Å². The molecule has 0 fully saturated rings. The molecule has 0 aliphatic rings. The van der Waals surface area contributed by atoms with Crippen LogP contribution >= 0.6 is 34.8 Å². The van der Waals surface area contributed by atoms with Gasteiger partial charge in [-0.15, -0.1) is 10.2 Å². The molecule has 1 heterocycles. The number of nitrogens with zero attached hydrogens (tertiary/aromatic N) is 2. The molecule has 0 bridgehead atoms. The van der Waals surface area contributed by atoms with E-state index in [-0.39, 0.29) is 32.1 Å². The molecule has 0 saturated carbocycles. The fraction of sp³-hybridized carbons (Fsp3) is 0. The van der Waals surface area contributed by atoms with Crippen LogP contribution in [-0.4, -0.2) is 22.0 Å². The Morgan fingerprint density at radius 2 is 1.81 bits per heavy atom. The highest BCUT2D eigenvalue weighted by Crippen LogP contribution is 2.24. The quantitative estimate of drug-likeness (QED) is 0.893.